The van der Waals surface area contributed by atoms with Crippen LogP contribution in [0.4, 0.5) is 10.1 Å². The number of hydrogen-bond acceptors (Lipinski definition) is 3. The van der Waals surface area contributed by atoms with Crippen LogP contribution in [0.15, 0.2) is 72.9 Å². The molecule has 0 saturated heterocycles. The van der Waals surface area contributed by atoms with Crippen molar-refractivity contribution in [3.8, 4) is 0 Å². The van der Waals surface area contributed by atoms with Crippen molar-refractivity contribution >= 4 is 39.3 Å². The number of anilines is 1. The lowest BCUT2D eigenvalue weighted by Gasteiger charge is -2.34. The standard InChI is InChI=1S/C22H14FNOS/c23-15-8-5-14(6-9-15)19-18(26)11-12-24-20-16-4-2-1-3-13(16)7-10-17(20)22(25)21(19)24/h1-12,19,21H. The van der Waals surface area contributed by atoms with Gasteiger partial charge in [0.1, 0.15) is 11.9 Å². The summed E-state index contributed by atoms with van der Waals surface area (Å²) in [5.74, 6) is -0.504. The van der Waals surface area contributed by atoms with Crippen LogP contribution in [0.5, 0.6) is 0 Å². The summed E-state index contributed by atoms with van der Waals surface area (Å²) < 4.78 is 13.4. The molecule has 126 valence electrons. The SMILES string of the molecule is O=C1c2ccc3ccccc3c2N2C=CC(=S)C(c3ccc(F)cc3)C12. The van der Waals surface area contributed by atoms with Gasteiger partial charge < -0.3 is 4.90 Å². The minimum absolute atomic E-state index is 0.0618. The third-order valence-corrected chi connectivity index (χ3v) is 5.63. The Morgan fingerprint density at radius 2 is 1.73 bits per heavy atom. The van der Waals surface area contributed by atoms with E-state index in [0.717, 1.165) is 27.6 Å². The van der Waals surface area contributed by atoms with Crippen LogP contribution in [0.3, 0.4) is 0 Å². The number of carbonyl (C=O) groups excluding carboxylic acids is 1. The van der Waals surface area contributed by atoms with Gasteiger partial charge in [-0.2, -0.15) is 0 Å². The van der Waals surface area contributed by atoms with Gasteiger partial charge in [-0.25, -0.2) is 4.39 Å². The highest BCUT2D eigenvalue weighted by molar-refractivity contribution is 7.80. The number of rotatable bonds is 1. The highest BCUT2D eigenvalue weighted by Crippen LogP contribution is 2.45. The molecule has 2 heterocycles. The summed E-state index contributed by atoms with van der Waals surface area (Å²) in [7, 11) is 0. The Labute approximate surface area is 155 Å². The van der Waals surface area contributed by atoms with E-state index in [-0.39, 0.29) is 17.5 Å². The zero-order chi connectivity index (χ0) is 17.8. The number of benzene rings is 3. The van der Waals surface area contributed by atoms with Gasteiger partial charge in [0.15, 0.2) is 5.78 Å². The average Bonchev–Trinajstić information content (AvgIpc) is 2.96. The van der Waals surface area contributed by atoms with Gasteiger partial charge in [0.2, 0.25) is 0 Å². The van der Waals surface area contributed by atoms with Gasteiger partial charge in [0.25, 0.3) is 0 Å². The molecular weight excluding hydrogens is 345 g/mol. The first-order chi connectivity index (χ1) is 12.6. The second-order valence-electron chi connectivity index (χ2n) is 6.65. The number of ketones is 1. The largest absolute Gasteiger partial charge is 0.335 e. The van der Waals surface area contributed by atoms with Crippen LogP contribution in [0, 0.1) is 5.82 Å². The third-order valence-electron chi connectivity index (χ3n) is 5.24. The van der Waals surface area contributed by atoms with E-state index in [0.29, 0.717) is 4.86 Å². The van der Waals surface area contributed by atoms with Gasteiger partial charge in [-0.15, -0.1) is 0 Å². The second-order valence-corrected chi connectivity index (χ2v) is 7.12. The Morgan fingerprint density at radius 1 is 0.962 bits per heavy atom. The highest BCUT2D eigenvalue weighted by atomic mass is 32.1. The van der Waals surface area contributed by atoms with E-state index in [1.54, 1.807) is 12.1 Å². The second kappa shape index (κ2) is 5.58. The van der Waals surface area contributed by atoms with Crippen LogP contribution >= 0.6 is 12.2 Å². The van der Waals surface area contributed by atoms with Gasteiger partial charge in [-0.1, -0.05) is 54.7 Å². The fraction of sp³-hybridized carbons (Fsp3) is 0.0909. The molecule has 0 bridgehead atoms. The van der Waals surface area contributed by atoms with Crippen LogP contribution in [0.2, 0.25) is 0 Å². The first kappa shape index (κ1) is 15.4. The zero-order valence-corrected chi connectivity index (χ0v) is 14.5. The van der Waals surface area contributed by atoms with Crippen molar-refractivity contribution in [2.75, 3.05) is 4.90 Å². The fourth-order valence-electron chi connectivity index (χ4n) is 4.07. The number of nitrogens with zero attached hydrogens (tertiary/aromatic N) is 1. The van der Waals surface area contributed by atoms with Gasteiger partial charge in [0, 0.05) is 27.9 Å². The first-order valence-corrected chi connectivity index (χ1v) is 8.88. The van der Waals surface area contributed by atoms with E-state index < -0.39 is 6.04 Å². The maximum absolute atomic E-state index is 13.4. The quantitative estimate of drug-likeness (QED) is 0.568. The third kappa shape index (κ3) is 2.09. The van der Waals surface area contributed by atoms with Gasteiger partial charge >= 0.3 is 0 Å². The van der Waals surface area contributed by atoms with Gasteiger partial charge in [-0.3, -0.25) is 4.79 Å². The molecule has 0 N–H and O–H groups in total. The van der Waals surface area contributed by atoms with Gasteiger partial charge in [0.05, 0.1) is 5.69 Å². The minimum Gasteiger partial charge on any atom is -0.335 e. The summed E-state index contributed by atoms with van der Waals surface area (Å²) in [6.45, 7) is 0. The monoisotopic (exact) mass is 359 g/mol. The number of halogens is 1. The molecule has 26 heavy (non-hydrogen) atoms. The molecule has 2 aliphatic rings. The molecule has 5 rings (SSSR count). The smallest absolute Gasteiger partial charge is 0.188 e. The molecular formula is C22H14FNOS. The van der Waals surface area contributed by atoms with E-state index in [1.165, 1.54) is 12.1 Å². The topological polar surface area (TPSA) is 20.3 Å². The molecule has 0 fully saturated rings. The molecule has 2 atom stereocenters. The van der Waals surface area contributed by atoms with Gasteiger partial charge in [-0.05, 0) is 35.2 Å². The molecule has 3 aromatic rings. The molecule has 0 aromatic heterocycles. The lowest BCUT2D eigenvalue weighted by Crippen LogP contribution is -2.42. The van der Waals surface area contributed by atoms with Crippen LogP contribution in [0.1, 0.15) is 21.8 Å². The van der Waals surface area contributed by atoms with Crippen molar-refractivity contribution in [1.29, 1.82) is 0 Å². The van der Waals surface area contributed by atoms with E-state index >= 15 is 0 Å². The van der Waals surface area contributed by atoms with E-state index in [1.807, 2.05) is 53.6 Å². The molecule has 4 heteroatoms. The van der Waals surface area contributed by atoms with Crippen LogP contribution in [0.25, 0.3) is 10.8 Å². The van der Waals surface area contributed by atoms with Crippen molar-refractivity contribution in [2.24, 2.45) is 0 Å². The lowest BCUT2D eigenvalue weighted by atomic mass is 9.84. The number of carbonyl (C=O) groups is 1. The van der Waals surface area contributed by atoms with Crippen LogP contribution in [-0.4, -0.2) is 16.7 Å². The molecule has 0 spiro atoms. The van der Waals surface area contributed by atoms with Crippen molar-refractivity contribution in [3.05, 3.63) is 89.9 Å². The van der Waals surface area contributed by atoms with Crippen molar-refractivity contribution < 1.29 is 9.18 Å². The minimum atomic E-state index is -0.418. The lowest BCUT2D eigenvalue weighted by molar-refractivity contribution is 0.0969. The first-order valence-electron chi connectivity index (χ1n) is 8.47. The highest BCUT2D eigenvalue weighted by Gasteiger charge is 2.45. The number of allylic oxidation sites excluding steroid dienone is 1. The Kier molecular flexibility index (Phi) is 3.31. The summed E-state index contributed by atoms with van der Waals surface area (Å²) in [6.07, 6.45) is 3.78. The average molecular weight is 359 g/mol. The molecule has 0 aliphatic carbocycles. The summed E-state index contributed by atoms with van der Waals surface area (Å²) in [5, 5.41) is 2.15. The number of thiocarbonyl (C=S) groups is 1. The van der Waals surface area contributed by atoms with E-state index in [2.05, 4.69) is 0 Å². The molecule has 2 unspecified atom stereocenters. The van der Waals surface area contributed by atoms with Crippen molar-refractivity contribution in [2.45, 2.75) is 12.0 Å². The molecule has 2 nitrogen and oxygen atoms in total. The maximum atomic E-state index is 13.4. The Balaban J connectivity index is 1.71. The Morgan fingerprint density at radius 3 is 2.54 bits per heavy atom. The van der Waals surface area contributed by atoms with Crippen LogP contribution in [-0.2, 0) is 0 Å². The summed E-state index contributed by atoms with van der Waals surface area (Å²) in [6, 6.07) is 17.8. The molecule has 3 aromatic carbocycles. The Hall–Kier alpha value is -2.85. The number of Topliss-reactive ketones (excluding diaryl/α,β-unsaturated/α-hetero) is 1. The van der Waals surface area contributed by atoms with Crippen molar-refractivity contribution in [1.82, 2.24) is 0 Å². The summed E-state index contributed by atoms with van der Waals surface area (Å²) in [4.78, 5) is 16.0. The number of hydrogen-bond donors (Lipinski definition) is 0. The molecule has 0 radical (unpaired) electrons. The number of fused-ring (bicyclic) bond motifs is 5. The van der Waals surface area contributed by atoms with Crippen LogP contribution < -0.4 is 4.90 Å². The summed E-state index contributed by atoms with van der Waals surface area (Å²) >= 11 is 5.57. The van der Waals surface area contributed by atoms with Crippen molar-refractivity contribution in [3.63, 3.8) is 0 Å². The normalized spacial score (nSPS) is 21.2. The Bertz CT molecular complexity index is 1100. The molecule has 0 amide bonds. The maximum Gasteiger partial charge on any atom is 0.188 e. The summed E-state index contributed by atoms with van der Waals surface area (Å²) in [5.41, 5.74) is 2.51. The predicted octanol–water partition coefficient (Wildman–Crippen LogP) is 5.03. The molecule has 0 saturated carbocycles. The van der Waals surface area contributed by atoms with E-state index in [9.17, 15) is 9.18 Å². The van der Waals surface area contributed by atoms with E-state index in [4.69, 9.17) is 12.2 Å². The fourth-order valence-corrected chi connectivity index (χ4v) is 4.39. The predicted molar refractivity (Wildman–Crippen MR) is 105 cm³/mol. The molecule has 2 aliphatic heterocycles. The zero-order valence-electron chi connectivity index (χ0n) is 13.7.